The molecule has 4 nitrogen and oxygen atoms in total. The monoisotopic (exact) mass is 252 g/mol. The highest BCUT2D eigenvalue weighted by atomic mass is 16.5. The Balaban J connectivity index is 3.16. The number of hydrogen-bond acceptors (Lipinski definition) is 3. The van der Waals surface area contributed by atoms with Crippen LogP contribution in [0.2, 0.25) is 0 Å². The van der Waals surface area contributed by atoms with E-state index in [0.717, 1.165) is 5.56 Å². The van der Waals surface area contributed by atoms with Crippen LogP contribution in [0.15, 0.2) is 12.1 Å². The van der Waals surface area contributed by atoms with E-state index in [1.807, 2.05) is 19.9 Å². The minimum absolute atomic E-state index is 0.0370. The molecule has 0 aromatic heterocycles. The van der Waals surface area contributed by atoms with Gasteiger partial charge >= 0.3 is 5.97 Å². The number of phenolic OH excluding ortho intramolecular Hbond substituents is 1. The van der Waals surface area contributed by atoms with E-state index in [0.29, 0.717) is 17.2 Å². The molecule has 0 aliphatic carbocycles. The molecular weight excluding hydrogens is 232 g/mol. The predicted octanol–water partition coefficient (Wildman–Crippen LogP) is 2.79. The van der Waals surface area contributed by atoms with E-state index in [1.54, 1.807) is 13.0 Å². The number of ether oxygens (including phenoxy) is 1. The number of rotatable bonds is 5. The molecule has 2 N–H and O–H groups in total. The van der Waals surface area contributed by atoms with Crippen LogP contribution in [0.3, 0.4) is 0 Å². The molecule has 0 heterocycles. The fraction of sp³-hybridized carbons (Fsp3) is 0.500. The molecule has 1 aromatic rings. The summed E-state index contributed by atoms with van der Waals surface area (Å²) < 4.78 is 5.12. The van der Waals surface area contributed by atoms with Gasteiger partial charge in [0.15, 0.2) is 11.5 Å². The smallest absolute Gasteiger partial charge is 0.306 e. The zero-order chi connectivity index (χ0) is 13.9. The highest BCUT2D eigenvalue weighted by molar-refractivity contribution is 5.70. The van der Waals surface area contributed by atoms with Gasteiger partial charge in [0.05, 0.1) is 13.0 Å². The van der Waals surface area contributed by atoms with Crippen molar-refractivity contribution in [2.45, 2.75) is 33.1 Å². The highest BCUT2D eigenvalue weighted by Gasteiger charge is 2.18. The molecule has 1 rings (SSSR count). The van der Waals surface area contributed by atoms with Gasteiger partial charge in [-0.05, 0) is 29.5 Å². The summed E-state index contributed by atoms with van der Waals surface area (Å²) in [5.74, 6) is -0.687. The zero-order valence-corrected chi connectivity index (χ0v) is 11.2. The Kier molecular flexibility index (Phi) is 4.59. The Labute approximate surface area is 107 Å². The van der Waals surface area contributed by atoms with Gasteiger partial charge in [0.2, 0.25) is 0 Å². The lowest BCUT2D eigenvalue weighted by atomic mass is 9.94. The van der Waals surface area contributed by atoms with Crippen LogP contribution in [0.25, 0.3) is 0 Å². The van der Waals surface area contributed by atoms with Crippen molar-refractivity contribution in [2.24, 2.45) is 5.92 Å². The first-order chi connectivity index (χ1) is 8.36. The second-order valence-corrected chi connectivity index (χ2v) is 4.83. The number of carbonyl (C=O) groups is 1. The highest BCUT2D eigenvalue weighted by Crippen LogP contribution is 2.35. The van der Waals surface area contributed by atoms with Crippen molar-refractivity contribution in [1.82, 2.24) is 0 Å². The summed E-state index contributed by atoms with van der Waals surface area (Å²) >= 11 is 0. The Morgan fingerprint density at radius 1 is 1.33 bits per heavy atom. The number of benzene rings is 1. The van der Waals surface area contributed by atoms with Crippen LogP contribution >= 0.6 is 0 Å². The van der Waals surface area contributed by atoms with Crippen molar-refractivity contribution < 1.29 is 19.7 Å². The standard InChI is InChI=1S/C14H20O4/c1-8(2)10-6-11(5-9(3)14(16)17)13(15)12(7-10)18-4/h6-9,15H,5H2,1-4H3,(H,16,17). The van der Waals surface area contributed by atoms with Gasteiger partial charge in [-0.3, -0.25) is 4.79 Å². The van der Waals surface area contributed by atoms with Gasteiger partial charge in [0.25, 0.3) is 0 Å². The molecule has 4 heteroatoms. The van der Waals surface area contributed by atoms with Crippen LogP contribution < -0.4 is 4.74 Å². The summed E-state index contributed by atoms with van der Waals surface area (Å²) in [6.07, 6.45) is 0.290. The second-order valence-electron chi connectivity index (χ2n) is 4.83. The van der Waals surface area contributed by atoms with Crippen molar-refractivity contribution in [3.05, 3.63) is 23.3 Å². The molecule has 0 aliphatic heterocycles. The lowest BCUT2D eigenvalue weighted by Crippen LogP contribution is -2.12. The number of phenols is 1. The second kappa shape index (κ2) is 5.76. The molecule has 0 spiro atoms. The van der Waals surface area contributed by atoms with E-state index >= 15 is 0 Å². The predicted molar refractivity (Wildman–Crippen MR) is 69.3 cm³/mol. The molecular formula is C14H20O4. The summed E-state index contributed by atoms with van der Waals surface area (Å²) in [6, 6.07) is 3.64. The van der Waals surface area contributed by atoms with Gasteiger partial charge in [0.1, 0.15) is 0 Å². The van der Waals surface area contributed by atoms with Crippen molar-refractivity contribution in [2.75, 3.05) is 7.11 Å². The lowest BCUT2D eigenvalue weighted by Gasteiger charge is -2.15. The van der Waals surface area contributed by atoms with Gasteiger partial charge in [-0.1, -0.05) is 26.8 Å². The third-order valence-corrected chi connectivity index (χ3v) is 3.01. The molecule has 100 valence electrons. The maximum absolute atomic E-state index is 10.9. The van der Waals surface area contributed by atoms with Gasteiger partial charge < -0.3 is 14.9 Å². The van der Waals surface area contributed by atoms with Gasteiger partial charge in [-0.2, -0.15) is 0 Å². The average Bonchev–Trinajstić information content (AvgIpc) is 2.31. The van der Waals surface area contributed by atoms with Crippen LogP contribution in [0.5, 0.6) is 11.5 Å². The van der Waals surface area contributed by atoms with Gasteiger partial charge in [-0.25, -0.2) is 0 Å². The van der Waals surface area contributed by atoms with Crippen LogP contribution in [0, 0.1) is 5.92 Å². The quantitative estimate of drug-likeness (QED) is 0.845. The van der Waals surface area contributed by atoms with E-state index < -0.39 is 11.9 Å². The molecule has 0 radical (unpaired) electrons. The summed E-state index contributed by atoms with van der Waals surface area (Å²) in [4.78, 5) is 10.9. The topological polar surface area (TPSA) is 66.8 Å². The summed E-state index contributed by atoms with van der Waals surface area (Å²) in [6.45, 7) is 5.70. The molecule has 18 heavy (non-hydrogen) atoms. The Morgan fingerprint density at radius 3 is 2.39 bits per heavy atom. The summed E-state index contributed by atoms with van der Waals surface area (Å²) in [5, 5.41) is 18.9. The number of hydrogen-bond donors (Lipinski definition) is 2. The fourth-order valence-corrected chi connectivity index (χ4v) is 1.75. The molecule has 1 aromatic carbocycles. The van der Waals surface area contributed by atoms with Crippen molar-refractivity contribution in [3.63, 3.8) is 0 Å². The summed E-state index contributed by atoms with van der Waals surface area (Å²) in [5.41, 5.74) is 1.64. The first-order valence-electron chi connectivity index (χ1n) is 5.99. The van der Waals surface area contributed by atoms with E-state index in [1.165, 1.54) is 7.11 Å². The van der Waals surface area contributed by atoms with Crippen LogP contribution in [0.4, 0.5) is 0 Å². The normalized spacial score (nSPS) is 12.5. The van der Waals surface area contributed by atoms with Crippen LogP contribution in [-0.4, -0.2) is 23.3 Å². The van der Waals surface area contributed by atoms with Gasteiger partial charge in [0, 0.05) is 0 Å². The Hall–Kier alpha value is -1.71. The number of aliphatic carboxylic acids is 1. The lowest BCUT2D eigenvalue weighted by molar-refractivity contribution is -0.141. The van der Waals surface area contributed by atoms with E-state index in [-0.39, 0.29) is 12.2 Å². The number of methoxy groups -OCH3 is 1. The molecule has 0 fully saturated rings. The zero-order valence-electron chi connectivity index (χ0n) is 11.2. The van der Waals surface area contributed by atoms with E-state index in [2.05, 4.69) is 0 Å². The SMILES string of the molecule is COc1cc(C(C)C)cc(CC(C)C(=O)O)c1O. The van der Waals surface area contributed by atoms with E-state index in [4.69, 9.17) is 9.84 Å². The molecule has 1 atom stereocenters. The van der Waals surface area contributed by atoms with E-state index in [9.17, 15) is 9.90 Å². The molecule has 0 aliphatic rings. The Morgan fingerprint density at radius 2 is 1.94 bits per heavy atom. The van der Waals surface area contributed by atoms with Crippen molar-refractivity contribution in [1.29, 1.82) is 0 Å². The minimum Gasteiger partial charge on any atom is -0.504 e. The first kappa shape index (κ1) is 14.4. The van der Waals surface area contributed by atoms with Crippen molar-refractivity contribution >= 4 is 5.97 Å². The largest absolute Gasteiger partial charge is 0.504 e. The fourth-order valence-electron chi connectivity index (χ4n) is 1.75. The molecule has 0 bridgehead atoms. The van der Waals surface area contributed by atoms with Crippen LogP contribution in [0.1, 0.15) is 37.8 Å². The maximum atomic E-state index is 10.9. The summed E-state index contributed by atoms with van der Waals surface area (Å²) in [7, 11) is 1.49. The molecule has 0 saturated carbocycles. The minimum atomic E-state index is -0.872. The van der Waals surface area contributed by atoms with Crippen molar-refractivity contribution in [3.8, 4) is 11.5 Å². The van der Waals surface area contributed by atoms with Gasteiger partial charge in [-0.15, -0.1) is 0 Å². The number of carboxylic acids is 1. The van der Waals surface area contributed by atoms with Crippen LogP contribution in [-0.2, 0) is 11.2 Å². The maximum Gasteiger partial charge on any atom is 0.306 e. The molecule has 1 unspecified atom stereocenters. The third kappa shape index (κ3) is 3.15. The average molecular weight is 252 g/mol. The number of carboxylic acid groups (broad SMARTS) is 1. The molecule has 0 amide bonds. The molecule has 0 saturated heterocycles. The third-order valence-electron chi connectivity index (χ3n) is 3.01. The number of aromatic hydroxyl groups is 1. The Bertz CT molecular complexity index is 438. The first-order valence-corrected chi connectivity index (χ1v) is 5.99.